The maximum absolute atomic E-state index is 12.4. The van der Waals surface area contributed by atoms with E-state index < -0.39 is 5.91 Å². The topological polar surface area (TPSA) is 74.1 Å². The van der Waals surface area contributed by atoms with Gasteiger partial charge in [-0.3, -0.25) is 4.79 Å². The predicted molar refractivity (Wildman–Crippen MR) is 94.6 cm³/mol. The van der Waals surface area contributed by atoms with Gasteiger partial charge < -0.3 is 15.4 Å². The van der Waals surface area contributed by atoms with Crippen LogP contribution in [-0.2, 0) is 4.79 Å². The minimum absolute atomic E-state index is 0.0660. The van der Waals surface area contributed by atoms with Crippen LogP contribution in [-0.4, -0.2) is 19.1 Å². The van der Waals surface area contributed by atoms with Crippen molar-refractivity contribution in [3.63, 3.8) is 0 Å². The Labute approximate surface area is 143 Å². The molecule has 24 heavy (non-hydrogen) atoms. The van der Waals surface area contributed by atoms with E-state index in [0.29, 0.717) is 23.4 Å². The zero-order chi connectivity index (χ0) is 17.5. The van der Waals surface area contributed by atoms with Crippen molar-refractivity contribution in [2.75, 3.05) is 12.4 Å². The molecule has 5 nitrogen and oxygen atoms in total. The molecule has 1 aliphatic carbocycles. The molecule has 1 saturated carbocycles. The summed E-state index contributed by atoms with van der Waals surface area (Å²) in [5.74, 6) is 0.687. The Bertz CT molecular complexity index is 661. The normalized spacial score (nSPS) is 20.8. The number of ether oxygens (including phenoxy) is 1. The van der Waals surface area contributed by atoms with Crippen molar-refractivity contribution in [3.05, 3.63) is 35.5 Å². The first-order valence-corrected chi connectivity index (χ1v) is 8.37. The molecule has 1 aromatic rings. The number of anilines is 1. The quantitative estimate of drug-likeness (QED) is 0.641. The summed E-state index contributed by atoms with van der Waals surface area (Å²) in [4.78, 5) is 12.4. The lowest BCUT2D eigenvalue weighted by atomic mass is 9.86. The van der Waals surface area contributed by atoms with Gasteiger partial charge in [0.25, 0.3) is 5.91 Å². The lowest BCUT2D eigenvalue weighted by Crippen LogP contribution is -2.34. The van der Waals surface area contributed by atoms with Gasteiger partial charge >= 0.3 is 0 Å². The molecule has 1 fully saturated rings. The van der Waals surface area contributed by atoms with Crippen molar-refractivity contribution < 1.29 is 9.53 Å². The summed E-state index contributed by atoms with van der Waals surface area (Å²) in [7, 11) is 1.55. The van der Waals surface area contributed by atoms with Crippen LogP contribution in [0, 0.1) is 24.2 Å². The molecule has 1 aliphatic rings. The number of aryl methyl sites for hydroxylation is 1. The van der Waals surface area contributed by atoms with Crippen molar-refractivity contribution in [1.82, 2.24) is 5.32 Å². The van der Waals surface area contributed by atoms with Crippen LogP contribution in [0.1, 0.15) is 38.2 Å². The van der Waals surface area contributed by atoms with E-state index in [9.17, 15) is 10.1 Å². The number of carbonyl (C=O) groups excluding carboxylic acids is 1. The Morgan fingerprint density at radius 2 is 2.12 bits per heavy atom. The number of methoxy groups -OCH3 is 1. The number of rotatable bonds is 5. The summed E-state index contributed by atoms with van der Waals surface area (Å²) in [6.07, 6.45) is 6.24. The molecule has 0 spiro atoms. The molecule has 0 bridgehead atoms. The lowest BCUT2D eigenvalue weighted by molar-refractivity contribution is -0.112. The summed E-state index contributed by atoms with van der Waals surface area (Å²) < 4.78 is 5.25. The van der Waals surface area contributed by atoms with E-state index in [2.05, 4.69) is 17.6 Å². The smallest absolute Gasteiger partial charge is 0.267 e. The first-order valence-electron chi connectivity index (χ1n) is 8.37. The SMILES string of the molecule is COc1ccc(C)cc1NC(=O)/C(C#N)=C\NC1CCCCC1C. The van der Waals surface area contributed by atoms with E-state index in [1.54, 1.807) is 19.4 Å². The van der Waals surface area contributed by atoms with Gasteiger partial charge in [-0.1, -0.05) is 25.8 Å². The standard InChI is InChI=1S/C19H25N3O2/c1-13-8-9-18(24-3)17(10-13)22-19(23)15(11-20)12-21-16-7-5-4-6-14(16)2/h8-10,12,14,16,21H,4-7H2,1-3H3,(H,22,23)/b15-12-. The van der Waals surface area contributed by atoms with Gasteiger partial charge in [-0.15, -0.1) is 0 Å². The Balaban J connectivity index is 2.07. The van der Waals surface area contributed by atoms with Crippen molar-refractivity contribution in [3.8, 4) is 11.8 Å². The molecule has 2 N–H and O–H groups in total. The van der Waals surface area contributed by atoms with Gasteiger partial charge in [0.1, 0.15) is 17.4 Å². The zero-order valence-electron chi connectivity index (χ0n) is 14.6. The van der Waals surface area contributed by atoms with E-state index >= 15 is 0 Å². The van der Waals surface area contributed by atoms with Gasteiger partial charge in [0.2, 0.25) is 0 Å². The summed E-state index contributed by atoms with van der Waals surface area (Å²) in [6, 6.07) is 7.82. The molecule has 2 rings (SSSR count). The second-order valence-electron chi connectivity index (χ2n) is 6.36. The van der Waals surface area contributed by atoms with E-state index in [1.165, 1.54) is 19.3 Å². The average Bonchev–Trinajstić information content (AvgIpc) is 2.57. The highest BCUT2D eigenvalue weighted by atomic mass is 16.5. The summed E-state index contributed by atoms with van der Waals surface area (Å²) in [6.45, 7) is 4.14. The number of hydrogen-bond acceptors (Lipinski definition) is 4. The van der Waals surface area contributed by atoms with Gasteiger partial charge in [-0.05, 0) is 43.4 Å². The van der Waals surface area contributed by atoms with Crippen LogP contribution in [0.2, 0.25) is 0 Å². The third kappa shape index (κ3) is 4.51. The molecule has 0 aromatic heterocycles. The molecule has 0 radical (unpaired) electrons. The molecular formula is C19H25N3O2. The number of amides is 1. The van der Waals surface area contributed by atoms with Crippen LogP contribution in [0.5, 0.6) is 5.75 Å². The Morgan fingerprint density at radius 3 is 2.79 bits per heavy atom. The highest BCUT2D eigenvalue weighted by molar-refractivity contribution is 6.07. The van der Waals surface area contributed by atoms with Crippen molar-refractivity contribution >= 4 is 11.6 Å². The zero-order valence-corrected chi connectivity index (χ0v) is 14.6. The maximum Gasteiger partial charge on any atom is 0.267 e. The highest BCUT2D eigenvalue weighted by Gasteiger charge is 2.20. The largest absolute Gasteiger partial charge is 0.495 e. The van der Waals surface area contributed by atoms with Crippen molar-refractivity contribution in [2.24, 2.45) is 5.92 Å². The van der Waals surface area contributed by atoms with Gasteiger partial charge in [0, 0.05) is 12.2 Å². The van der Waals surface area contributed by atoms with Crippen LogP contribution < -0.4 is 15.4 Å². The lowest BCUT2D eigenvalue weighted by Gasteiger charge is -2.29. The van der Waals surface area contributed by atoms with Crippen LogP contribution in [0.25, 0.3) is 0 Å². The molecule has 0 saturated heterocycles. The summed E-state index contributed by atoms with van der Waals surface area (Å²) in [5, 5.41) is 15.3. The van der Waals surface area contributed by atoms with Crippen molar-refractivity contribution in [2.45, 2.75) is 45.6 Å². The van der Waals surface area contributed by atoms with Crippen LogP contribution in [0.15, 0.2) is 30.0 Å². The number of nitrogens with one attached hydrogen (secondary N) is 2. The first kappa shape index (κ1) is 17.9. The van der Waals surface area contributed by atoms with E-state index in [0.717, 1.165) is 12.0 Å². The third-order valence-corrected chi connectivity index (χ3v) is 4.52. The first-order chi connectivity index (χ1) is 11.5. The second-order valence-corrected chi connectivity index (χ2v) is 6.36. The van der Waals surface area contributed by atoms with E-state index in [-0.39, 0.29) is 5.57 Å². The van der Waals surface area contributed by atoms with E-state index in [4.69, 9.17) is 4.74 Å². The van der Waals surface area contributed by atoms with E-state index in [1.807, 2.05) is 25.1 Å². The Hall–Kier alpha value is -2.48. The van der Waals surface area contributed by atoms with Gasteiger partial charge in [0.05, 0.1) is 12.8 Å². The molecule has 1 amide bonds. The third-order valence-electron chi connectivity index (χ3n) is 4.52. The van der Waals surface area contributed by atoms with Gasteiger partial charge in [-0.2, -0.15) is 5.26 Å². The fraction of sp³-hybridized carbons (Fsp3) is 0.474. The van der Waals surface area contributed by atoms with Gasteiger partial charge in [0.15, 0.2) is 0 Å². The van der Waals surface area contributed by atoms with Crippen molar-refractivity contribution in [1.29, 1.82) is 5.26 Å². The number of nitrogens with zero attached hydrogens (tertiary/aromatic N) is 1. The number of carbonyl (C=O) groups is 1. The number of benzene rings is 1. The minimum Gasteiger partial charge on any atom is -0.495 e. The molecule has 2 unspecified atom stereocenters. The predicted octanol–water partition coefficient (Wildman–Crippen LogP) is 3.52. The molecule has 2 atom stereocenters. The highest BCUT2D eigenvalue weighted by Crippen LogP contribution is 2.26. The Kier molecular flexibility index (Phi) is 6.25. The molecule has 128 valence electrons. The van der Waals surface area contributed by atoms with Crippen LogP contribution >= 0.6 is 0 Å². The molecule has 1 aromatic carbocycles. The average molecular weight is 327 g/mol. The molecular weight excluding hydrogens is 302 g/mol. The maximum atomic E-state index is 12.4. The molecule has 5 heteroatoms. The fourth-order valence-corrected chi connectivity index (χ4v) is 3.01. The molecule has 0 heterocycles. The summed E-state index contributed by atoms with van der Waals surface area (Å²) >= 11 is 0. The number of hydrogen-bond donors (Lipinski definition) is 2. The molecule has 0 aliphatic heterocycles. The monoisotopic (exact) mass is 327 g/mol. The minimum atomic E-state index is -0.433. The summed E-state index contributed by atoms with van der Waals surface area (Å²) in [5.41, 5.74) is 1.63. The van der Waals surface area contributed by atoms with Crippen LogP contribution in [0.4, 0.5) is 5.69 Å². The second kappa shape index (κ2) is 8.39. The van der Waals surface area contributed by atoms with Gasteiger partial charge in [-0.25, -0.2) is 0 Å². The fourth-order valence-electron chi connectivity index (χ4n) is 3.01. The van der Waals surface area contributed by atoms with Crippen LogP contribution in [0.3, 0.4) is 0 Å². The Morgan fingerprint density at radius 1 is 1.38 bits per heavy atom. The number of nitriles is 1.